The molecule has 0 bridgehead atoms. The molecule has 0 radical (unpaired) electrons. The number of allylic oxidation sites excluding steroid dienone is 1. The van der Waals surface area contributed by atoms with E-state index in [0.717, 1.165) is 6.07 Å². The highest BCUT2D eigenvalue weighted by molar-refractivity contribution is 6.30. The van der Waals surface area contributed by atoms with Gasteiger partial charge in [0.2, 0.25) is 0 Å². The van der Waals surface area contributed by atoms with E-state index in [1.807, 2.05) is 0 Å². The van der Waals surface area contributed by atoms with Crippen LogP contribution in [0.15, 0.2) is 54.1 Å². The molecule has 142 valence electrons. The van der Waals surface area contributed by atoms with Crippen molar-refractivity contribution in [3.05, 3.63) is 80.4 Å². The normalized spacial score (nSPS) is 11.4. The van der Waals surface area contributed by atoms with Crippen molar-refractivity contribution in [1.82, 2.24) is 0 Å². The summed E-state index contributed by atoms with van der Waals surface area (Å²) < 4.78 is 5.33. The van der Waals surface area contributed by atoms with Crippen LogP contribution in [0.4, 0.5) is 5.69 Å². The maximum Gasteiger partial charge on any atom is 0.343 e. The topological polar surface area (TPSA) is 110 Å². The molecule has 0 aliphatic heterocycles. The number of nitrogens with zero attached hydrogens (tertiary/aromatic N) is 2. The third kappa shape index (κ3) is 4.61. The van der Waals surface area contributed by atoms with Crippen molar-refractivity contribution in [2.75, 3.05) is 0 Å². The zero-order valence-corrected chi connectivity index (χ0v) is 15.8. The van der Waals surface area contributed by atoms with E-state index in [0.29, 0.717) is 0 Å². The molecule has 0 aliphatic carbocycles. The molecule has 0 N–H and O–H groups in total. The number of hydrogen-bond donors (Lipinski definition) is 0. The number of esters is 1. The number of nitro groups is 1. The van der Waals surface area contributed by atoms with E-state index >= 15 is 0 Å². The van der Waals surface area contributed by atoms with Gasteiger partial charge in [-0.05, 0) is 24.3 Å². The number of ketones is 1. The molecule has 7 nitrogen and oxygen atoms in total. The predicted octanol–water partition coefficient (Wildman–Crippen LogP) is 4.56. The van der Waals surface area contributed by atoms with Gasteiger partial charge in [0.15, 0.2) is 11.5 Å². The molecule has 2 aromatic carbocycles. The first-order chi connectivity index (χ1) is 13.3. The lowest BCUT2D eigenvalue weighted by molar-refractivity contribution is -0.385. The molecular formula is C20H15ClN2O5. The minimum absolute atomic E-state index is 0.0814. The molecule has 0 heterocycles. The maximum absolute atomic E-state index is 12.5. The third-order valence-electron chi connectivity index (χ3n) is 3.71. The highest BCUT2D eigenvalue weighted by Crippen LogP contribution is 2.33. The van der Waals surface area contributed by atoms with Gasteiger partial charge in [-0.2, -0.15) is 5.26 Å². The number of carbonyl (C=O) groups excluding carboxylic acids is 2. The van der Waals surface area contributed by atoms with Crippen LogP contribution in [0.2, 0.25) is 5.02 Å². The van der Waals surface area contributed by atoms with E-state index in [9.17, 15) is 25.0 Å². The highest BCUT2D eigenvalue weighted by atomic mass is 35.5. The number of rotatable bonds is 6. The monoisotopic (exact) mass is 398 g/mol. The number of nitriles is 1. The number of halogens is 1. The summed E-state index contributed by atoms with van der Waals surface area (Å²) in [6, 6.07) is 13.2. The largest absolute Gasteiger partial charge is 0.420 e. The molecule has 8 heteroatoms. The van der Waals surface area contributed by atoms with Crippen LogP contribution in [0.25, 0.3) is 5.76 Å². The number of hydrogen-bond acceptors (Lipinski definition) is 6. The van der Waals surface area contributed by atoms with Gasteiger partial charge in [-0.3, -0.25) is 14.9 Å². The zero-order valence-electron chi connectivity index (χ0n) is 15.0. The number of nitro benzene ring substituents is 1. The van der Waals surface area contributed by atoms with Crippen molar-refractivity contribution in [2.45, 2.75) is 13.8 Å². The summed E-state index contributed by atoms with van der Waals surface area (Å²) in [5.74, 6) is -2.53. The van der Waals surface area contributed by atoms with Crippen molar-refractivity contribution >= 4 is 34.8 Å². The molecule has 2 aromatic rings. The van der Waals surface area contributed by atoms with Crippen LogP contribution in [-0.2, 0) is 9.53 Å². The quantitative estimate of drug-likeness (QED) is 0.176. The van der Waals surface area contributed by atoms with E-state index in [4.69, 9.17) is 16.3 Å². The fraction of sp³-hybridized carbons (Fsp3) is 0.150. The minimum atomic E-state index is -0.857. The molecule has 28 heavy (non-hydrogen) atoms. The Labute approximate surface area is 166 Å². The van der Waals surface area contributed by atoms with Crippen molar-refractivity contribution in [2.24, 2.45) is 5.92 Å². The standard InChI is InChI=1S/C20H15ClN2O5/c1-12(2)18(24)16(11-22)19(28-20(25)13-6-4-3-5-7-13)15-9-8-14(21)10-17(15)23(26)27/h3-10,12H,1-2H3/b19-16-. The highest BCUT2D eigenvalue weighted by Gasteiger charge is 2.28. The van der Waals surface area contributed by atoms with Crippen molar-refractivity contribution in [3.8, 4) is 6.07 Å². The summed E-state index contributed by atoms with van der Waals surface area (Å²) in [6.07, 6.45) is 0. The summed E-state index contributed by atoms with van der Waals surface area (Å²) in [6.45, 7) is 3.12. The van der Waals surface area contributed by atoms with E-state index in [-0.39, 0.29) is 16.1 Å². The van der Waals surface area contributed by atoms with Crippen LogP contribution in [0.3, 0.4) is 0 Å². The Morgan fingerprint density at radius 1 is 1.18 bits per heavy atom. The molecule has 0 fully saturated rings. The molecule has 0 aliphatic rings. The Morgan fingerprint density at radius 3 is 2.36 bits per heavy atom. The van der Waals surface area contributed by atoms with Gasteiger partial charge in [-0.1, -0.05) is 43.6 Å². The Hall–Kier alpha value is -3.50. The first kappa shape index (κ1) is 20.8. The fourth-order valence-corrected chi connectivity index (χ4v) is 2.49. The Balaban J connectivity index is 2.71. The lowest BCUT2D eigenvalue weighted by Gasteiger charge is -2.13. The summed E-state index contributed by atoms with van der Waals surface area (Å²) >= 11 is 5.83. The van der Waals surface area contributed by atoms with Gasteiger partial charge in [0.05, 0.1) is 16.1 Å². The molecule has 0 unspecified atom stereocenters. The average molecular weight is 399 g/mol. The SMILES string of the molecule is CC(C)C(=O)/C(C#N)=C(\OC(=O)c1ccccc1)c1ccc(Cl)cc1[N+](=O)[O-]. The van der Waals surface area contributed by atoms with Crippen molar-refractivity contribution in [3.63, 3.8) is 0 Å². The predicted molar refractivity (Wildman–Crippen MR) is 102 cm³/mol. The Morgan fingerprint density at radius 2 is 1.82 bits per heavy atom. The van der Waals surface area contributed by atoms with E-state index < -0.39 is 39.6 Å². The Kier molecular flexibility index (Phi) is 6.64. The minimum Gasteiger partial charge on any atom is -0.420 e. The van der Waals surface area contributed by atoms with Crippen molar-refractivity contribution < 1.29 is 19.2 Å². The van der Waals surface area contributed by atoms with E-state index in [1.54, 1.807) is 38.1 Å². The second-order valence-electron chi connectivity index (χ2n) is 6.01. The summed E-state index contributed by atoms with van der Waals surface area (Å²) in [5, 5.41) is 21.1. The summed E-state index contributed by atoms with van der Waals surface area (Å²) in [7, 11) is 0. The van der Waals surface area contributed by atoms with Crippen LogP contribution in [0.1, 0.15) is 29.8 Å². The van der Waals surface area contributed by atoms with Crippen LogP contribution in [-0.4, -0.2) is 16.7 Å². The molecule has 2 rings (SSSR count). The molecule has 0 amide bonds. The van der Waals surface area contributed by atoms with Gasteiger partial charge in [0.1, 0.15) is 11.6 Å². The first-order valence-corrected chi connectivity index (χ1v) is 8.54. The first-order valence-electron chi connectivity index (χ1n) is 8.16. The molecule has 0 spiro atoms. The van der Waals surface area contributed by atoms with Gasteiger partial charge in [0.25, 0.3) is 5.69 Å². The van der Waals surface area contributed by atoms with Gasteiger partial charge >= 0.3 is 5.97 Å². The lowest BCUT2D eigenvalue weighted by atomic mass is 9.97. The molecule has 0 aromatic heterocycles. The van der Waals surface area contributed by atoms with Crippen LogP contribution >= 0.6 is 11.6 Å². The maximum atomic E-state index is 12.5. The molecule has 0 saturated heterocycles. The Bertz CT molecular complexity index is 1010. The average Bonchev–Trinajstić information content (AvgIpc) is 2.68. The summed E-state index contributed by atoms with van der Waals surface area (Å²) in [5.41, 5.74) is -1.01. The van der Waals surface area contributed by atoms with Crippen LogP contribution < -0.4 is 0 Å². The second-order valence-corrected chi connectivity index (χ2v) is 6.45. The van der Waals surface area contributed by atoms with Gasteiger partial charge in [0, 0.05) is 17.0 Å². The smallest absolute Gasteiger partial charge is 0.343 e. The molecular weight excluding hydrogens is 384 g/mol. The van der Waals surface area contributed by atoms with Crippen LogP contribution in [0, 0.1) is 27.4 Å². The number of ether oxygens (including phenoxy) is 1. The third-order valence-corrected chi connectivity index (χ3v) is 3.95. The second kappa shape index (κ2) is 8.93. The zero-order chi connectivity index (χ0) is 20.8. The van der Waals surface area contributed by atoms with E-state index in [1.165, 1.54) is 24.3 Å². The van der Waals surface area contributed by atoms with Gasteiger partial charge < -0.3 is 4.74 Å². The number of benzene rings is 2. The number of carbonyl (C=O) groups is 2. The van der Waals surface area contributed by atoms with E-state index in [2.05, 4.69) is 0 Å². The van der Waals surface area contributed by atoms with Crippen molar-refractivity contribution in [1.29, 1.82) is 5.26 Å². The van der Waals surface area contributed by atoms with Gasteiger partial charge in [-0.15, -0.1) is 0 Å². The fourth-order valence-electron chi connectivity index (χ4n) is 2.32. The number of Topliss-reactive ketones (excluding diaryl/α,β-unsaturated/α-hetero) is 1. The van der Waals surface area contributed by atoms with Crippen LogP contribution in [0.5, 0.6) is 0 Å². The molecule has 0 saturated carbocycles. The lowest BCUT2D eigenvalue weighted by Crippen LogP contribution is -2.15. The summed E-state index contributed by atoms with van der Waals surface area (Å²) in [4.78, 5) is 35.7. The molecule has 0 atom stereocenters. The van der Waals surface area contributed by atoms with Gasteiger partial charge in [-0.25, -0.2) is 4.79 Å².